The second-order valence-corrected chi connectivity index (χ2v) is 7.62. The predicted molar refractivity (Wildman–Crippen MR) is 103 cm³/mol. The Bertz CT molecular complexity index is 536. The molecule has 1 aromatic rings. The Hall–Kier alpha value is -1.75. The molecule has 0 bridgehead atoms. The van der Waals surface area contributed by atoms with Crippen LogP contribution in [0.3, 0.4) is 0 Å². The molecule has 2 saturated heterocycles. The highest BCUT2D eigenvalue weighted by atomic mass is 16.2. The average Bonchev–Trinajstić information content (AvgIpc) is 3.10. The molecule has 2 aliphatic heterocycles. The number of nitrogens with zero attached hydrogens (tertiary/aromatic N) is 2. The van der Waals surface area contributed by atoms with Gasteiger partial charge in [-0.3, -0.25) is 0 Å². The first kappa shape index (κ1) is 18.1. The average molecular weight is 345 g/mol. The van der Waals surface area contributed by atoms with E-state index in [9.17, 15) is 4.79 Å². The number of carbonyl (C=O) groups is 1. The van der Waals surface area contributed by atoms with Gasteiger partial charge in [0.2, 0.25) is 0 Å². The molecule has 2 fully saturated rings. The summed E-state index contributed by atoms with van der Waals surface area (Å²) in [6.07, 6.45) is 3.76. The van der Waals surface area contributed by atoms with E-state index in [-0.39, 0.29) is 6.03 Å². The van der Waals surface area contributed by atoms with Gasteiger partial charge in [-0.25, -0.2) is 4.79 Å². The van der Waals surface area contributed by atoms with Crippen molar-refractivity contribution in [3.8, 4) is 0 Å². The summed E-state index contributed by atoms with van der Waals surface area (Å²) >= 11 is 0. The fraction of sp³-hybridized carbons (Fsp3) is 0.650. The number of hydrogen-bond acceptors (Lipinski definition) is 3. The molecule has 0 aliphatic carbocycles. The van der Waals surface area contributed by atoms with Crippen molar-refractivity contribution in [1.29, 1.82) is 0 Å². The van der Waals surface area contributed by atoms with Crippen LogP contribution in [0, 0.1) is 11.8 Å². The van der Waals surface area contributed by atoms with Crippen molar-refractivity contribution in [2.45, 2.75) is 26.2 Å². The summed E-state index contributed by atoms with van der Waals surface area (Å²) in [7, 11) is 0. The Balaban J connectivity index is 1.29. The van der Waals surface area contributed by atoms with Crippen molar-refractivity contribution in [1.82, 2.24) is 15.5 Å². The van der Waals surface area contributed by atoms with E-state index in [0.717, 1.165) is 45.1 Å². The van der Waals surface area contributed by atoms with Crippen molar-refractivity contribution >= 4 is 11.7 Å². The summed E-state index contributed by atoms with van der Waals surface area (Å²) in [4.78, 5) is 16.9. The Labute approximate surface area is 151 Å². The van der Waals surface area contributed by atoms with Crippen molar-refractivity contribution < 1.29 is 4.79 Å². The monoisotopic (exact) mass is 344 g/mol. The lowest BCUT2D eigenvalue weighted by molar-refractivity contribution is 0.183. The molecule has 25 heavy (non-hydrogen) atoms. The predicted octanol–water partition coefficient (Wildman–Crippen LogP) is 2.54. The number of amides is 2. The number of nitrogens with one attached hydrogen (secondary N) is 2. The van der Waals surface area contributed by atoms with Crippen molar-refractivity contribution in [2.24, 2.45) is 11.8 Å². The number of urea groups is 1. The summed E-state index contributed by atoms with van der Waals surface area (Å²) < 4.78 is 0. The van der Waals surface area contributed by atoms with E-state index >= 15 is 0 Å². The molecule has 138 valence electrons. The van der Waals surface area contributed by atoms with Crippen LogP contribution >= 0.6 is 0 Å². The number of para-hydroxylation sites is 1. The topological polar surface area (TPSA) is 47.6 Å². The maximum atomic E-state index is 12.0. The zero-order chi connectivity index (χ0) is 17.5. The maximum absolute atomic E-state index is 12.0. The van der Waals surface area contributed by atoms with Gasteiger partial charge in [-0.2, -0.15) is 0 Å². The van der Waals surface area contributed by atoms with E-state index in [2.05, 4.69) is 51.6 Å². The van der Waals surface area contributed by atoms with Gasteiger partial charge < -0.3 is 20.4 Å². The van der Waals surface area contributed by atoms with E-state index in [0.29, 0.717) is 5.92 Å². The number of hydrogen-bond donors (Lipinski definition) is 2. The minimum atomic E-state index is -0.0248. The molecular weight excluding hydrogens is 312 g/mol. The van der Waals surface area contributed by atoms with Gasteiger partial charge in [-0.1, -0.05) is 25.1 Å². The fourth-order valence-electron chi connectivity index (χ4n) is 3.99. The van der Waals surface area contributed by atoms with Gasteiger partial charge in [0.05, 0.1) is 0 Å². The van der Waals surface area contributed by atoms with Crippen LogP contribution in [-0.2, 0) is 0 Å². The Morgan fingerprint density at radius 2 is 1.96 bits per heavy atom. The molecule has 5 heteroatoms. The molecule has 2 aliphatic rings. The van der Waals surface area contributed by atoms with Gasteiger partial charge in [0.1, 0.15) is 0 Å². The van der Waals surface area contributed by atoms with Gasteiger partial charge in [0.25, 0.3) is 0 Å². The van der Waals surface area contributed by atoms with E-state index in [1.54, 1.807) is 0 Å². The molecule has 3 rings (SSSR count). The largest absolute Gasteiger partial charge is 0.371 e. The minimum absolute atomic E-state index is 0.0248. The molecule has 0 unspecified atom stereocenters. The van der Waals surface area contributed by atoms with Crippen LogP contribution in [0.4, 0.5) is 10.5 Å². The van der Waals surface area contributed by atoms with Crippen molar-refractivity contribution in [2.75, 3.05) is 50.7 Å². The second-order valence-electron chi connectivity index (χ2n) is 7.62. The zero-order valence-corrected chi connectivity index (χ0v) is 15.4. The summed E-state index contributed by atoms with van der Waals surface area (Å²) in [5.74, 6) is 1.33. The summed E-state index contributed by atoms with van der Waals surface area (Å²) in [6.45, 7) is 9.21. The van der Waals surface area contributed by atoms with E-state index in [4.69, 9.17) is 0 Å². The van der Waals surface area contributed by atoms with Crippen molar-refractivity contribution in [3.05, 3.63) is 30.3 Å². The van der Waals surface area contributed by atoms with Gasteiger partial charge >= 0.3 is 6.03 Å². The first-order chi connectivity index (χ1) is 12.2. The van der Waals surface area contributed by atoms with Crippen molar-refractivity contribution in [3.63, 3.8) is 0 Å². The van der Waals surface area contributed by atoms with E-state index < -0.39 is 0 Å². The van der Waals surface area contributed by atoms with Gasteiger partial charge in [0.15, 0.2) is 0 Å². The summed E-state index contributed by atoms with van der Waals surface area (Å²) in [5, 5.41) is 6.05. The van der Waals surface area contributed by atoms with Crippen LogP contribution in [-0.4, -0.2) is 56.7 Å². The molecular formula is C20H32N4O. The first-order valence-electron chi connectivity index (χ1n) is 9.75. The van der Waals surface area contributed by atoms with Gasteiger partial charge in [-0.15, -0.1) is 0 Å². The van der Waals surface area contributed by atoms with Crippen LogP contribution in [0.2, 0.25) is 0 Å². The molecule has 2 atom stereocenters. The minimum Gasteiger partial charge on any atom is -0.371 e. The highest BCUT2D eigenvalue weighted by molar-refractivity contribution is 5.73. The number of rotatable bonds is 6. The Kier molecular flexibility index (Phi) is 6.56. The second kappa shape index (κ2) is 9.09. The third-order valence-corrected chi connectivity index (χ3v) is 5.41. The molecule has 5 nitrogen and oxygen atoms in total. The summed E-state index contributed by atoms with van der Waals surface area (Å²) in [6, 6.07) is 10.5. The Morgan fingerprint density at radius 1 is 1.12 bits per heavy atom. The molecule has 0 aromatic heterocycles. The third-order valence-electron chi connectivity index (χ3n) is 5.41. The molecule has 0 saturated carbocycles. The Morgan fingerprint density at radius 3 is 2.76 bits per heavy atom. The summed E-state index contributed by atoms with van der Waals surface area (Å²) in [5.41, 5.74) is 1.28. The lowest BCUT2D eigenvalue weighted by atomic mass is 10.0. The number of piperidine rings is 1. The molecule has 1 aromatic carbocycles. The number of benzene rings is 1. The van der Waals surface area contributed by atoms with Crippen LogP contribution in [0.5, 0.6) is 0 Å². The van der Waals surface area contributed by atoms with E-state index in [1.165, 1.54) is 31.6 Å². The maximum Gasteiger partial charge on any atom is 0.314 e. The molecule has 2 N–H and O–H groups in total. The highest BCUT2D eigenvalue weighted by Gasteiger charge is 2.23. The molecule has 2 amide bonds. The molecule has 0 spiro atoms. The highest BCUT2D eigenvalue weighted by Crippen LogP contribution is 2.22. The standard InChI is InChI=1S/C20H32N4O/c1-17-6-5-11-23(15-17)13-10-21-20(25)22-14-18-9-12-24(16-18)19-7-3-2-4-8-19/h2-4,7-8,17-18H,5-6,9-16H2,1H3,(H2,21,22,25)/t17-,18-/m1/s1. The van der Waals surface area contributed by atoms with Gasteiger partial charge in [0, 0.05) is 45.0 Å². The van der Waals surface area contributed by atoms with Crippen LogP contribution < -0.4 is 15.5 Å². The quantitative estimate of drug-likeness (QED) is 0.834. The SMILES string of the molecule is C[C@@H]1CCCN(CCNC(=O)NC[C@H]2CCN(c3ccccc3)C2)C1. The smallest absolute Gasteiger partial charge is 0.314 e. The normalized spacial score (nSPS) is 24.3. The van der Waals surface area contributed by atoms with Gasteiger partial charge in [-0.05, 0) is 49.8 Å². The fourth-order valence-corrected chi connectivity index (χ4v) is 3.99. The van der Waals surface area contributed by atoms with Crippen LogP contribution in [0.25, 0.3) is 0 Å². The van der Waals surface area contributed by atoms with Crippen LogP contribution in [0.1, 0.15) is 26.2 Å². The lowest BCUT2D eigenvalue weighted by Gasteiger charge is -2.30. The zero-order valence-electron chi connectivity index (χ0n) is 15.4. The third kappa shape index (κ3) is 5.63. The molecule has 2 heterocycles. The van der Waals surface area contributed by atoms with E-state index in [1.807, 2.05) is 6.07 Å². The van der Waals surface area contributed by atoms with Crippen LogP contribution in [0.15, 0.2) is 30.3 Å². The number of likely N-dealkylation sites (tertiary alicyclic amines) is 1. The lowest BCUT2D eigenvalue weighted by Crippen LogP contribution is -2.44. The number of anilines is 1. The number of carbonyl (C=O) groups excluding carboxylic acids is 1. The first-order valence-corrected chi connectivity index (χ1v) is 9.75. The molecule has 0 radical (unpaired) electrons.